The van der Waals surface area contributed by atoms with Crippen molar-refractivity contribution in [2.45, 2.75) is 38.5 Å². The zero-order valence-corrected chi connectivity index (χ0v) is 12.0. The van der Waals surface area contributed by atoms with Crippen molar-refractivity contribution in [2.24, 2.45) is 0 Å². The largest absolute Gasteiger partial charge is 0.435 e. The molecule has 2 rings (SSSR count). The van der Waals surface area contributed by atoms with Gasteiger partial charge >= 0.3 is 6.61 Å². The first-order valence-corrected chi connectivity index (χ1v) is 6.96. The molecule has 1 aliphatic heterocycles. The summed E-state index contributed by atoms with van der Waals surface area (Å²) >= 11 is 0. The highest BCUT2D eigenvalue weighted by Crippen LogP contribution is 2.23. The molecule has 1 aromatic rings. The molecule has 1 heterocycles. The Morgan fingerprint density at radius 2 is 1.85 bits per heavy atom. The number of hydrogen-bond donors (Lipinski definition) is 1. The van der Waals surface area contributed by atoms with Gasteiger partial charge in [0.05, 0.1) is 0 Å². The number of alkyl halides is 2. The predicted molar refractivity (Wildman–Crippen MR) is 75.0 cm³/mol. The molecule has 0 bridgehead atoms. The summed E-state index contributed by atoms with van der Waals surface area (Å²) in [6, 6.07) is 6.90. The number of nitrogens with zero attached hydrogens (tertiary/aromatic N) is 1. The first kappa shape index (κ1) is 15.2. The average molecular weight is 284 g/mol. The smallest absolute Gasteiger partial charge is 0.387 e. The van der Waals surface area contributed by atoms with E-state index < -0.39 is 6.61 Å². The van der Waals surface area contributed by atoms with Crippen molar-refractivity contribution in [2.75, 3.05) is 20.1 Å². The van der Waals surface area contributed by atoms with E-state index in [0.717, 1.165) is 38.0 Å². The zero-order valence-electron chi connectivity index (χ0n) is 12.0. The monoisotopic (exact) mass is 284 g/mol. The second-order valence-corrected chi connectivity index (χ2v) is 5.61. The third-order valence-electron chi connectivity index (χ3n) is 4.12. The Balaban J connectivity index is 1.85. The van der Waals surface area contributed by atoms with Crippen LogP contribution in [-0.2, 0) is 6.54 Å². The molecule has 1 N–H and O–H groups in total. The number of piperidine rings is 1. The fraction of sp³-hybridized carbons (Fsp3) is 0.600. The molecule has 112 valence electrons. The minimum atomic E-state index is -2.76. The molecule has 0 aromatic heterocycles. The number of ether oxygens (including phenoxy) is 1. The summed E-state index contributed by atoms with van der Waals surface area (Å²) in [6.45, 7) is 2.44. The van der Waals surface area contributed by atoms with E-state index in [1.165, 1.54) is 0 Å². The average Bonchev–Trinajstić information content (AvgIpc) is 2.43. The van der Waals surface area contributed by atoms with Gasteiger partial charge in [-0.1, -0.05) is 12.1 Å². The third-order valence-corrected chi connectivity index (χ3v) is 4.12. The molecule has 0 saturated carbocycles. The van der Waals surface area contributed by atoms with Gasteiger partial charge in [0.15, 0.2) is 0 Å². The summed E-state index contributed by atoms with van der Waals surface area (Å²) in [5, 5.41) is 3.38. The maximum Gasteiger partial charge on any atom is 0.387 e. The molecule has 3 nitrogen and oxygen atoms in total. The highest BCUT2D eigenvalue weighted by atomic mass is 19.3. The Hall–Kier alpha value is -1.20. The second kappa shape index (κ2) is 6.50. The summed E-state index contributed by atoms with van der Waals surface area (Å²) in [4.78, 5) is 2.39. The summed E-state index contributed by atoms with van der Waals surface area (Å²) in [5.74, 6) is 0.213. The number of benzene rings is 1. The van der Waals surface area contributed by atoms with E-state index in [-0.39, 0.29) is 11.3 Å². The molecule has 0 aliphatic carbocycles. The lowest BCUT2D eigenvalue weighted by Crippen LogP contribution is -2.49. The lowest BCUT2D eigenvalue weighted by molar-refractivity contribution is -0.0498. The van der Waals surface area contributed by atoms with E-state index >= 15 is 0 Å². The molecule has 0 unspecified atom stereocenters. The van der Waals surface area contributed by atoms with Crippen molar-refractivity contribution in [3.05, 3.63) is 29.8 Å². The van der Waals surface area contributed by atoms with E-state index in [9.17, 15) is 8.78 Å². The van der Waals surface area contributed by atoms with Crippen LogP contribution in [0.15, 0.2) is 24.3 Å². The first-order chi connectivity index (χ1) is 9.50. The Morgan fingerprint density at radius 3 is 2.35 bits per heavy atom. The van der Waals surface area contributed by atoms with Crippen LogP contribution in [0, 0.1) is 0 Å². The van der Waals surface area contributed by atoms with Gasteiger partial charge in [-0.05, 0) is 44.5 Å². The van der Waals surface area contributed by atoms with Crippen molar-refractivity contribution in [1.82, 2.24) is 10.2 Å². The van der Waals surface area contributed by atoms with Crippen LogP contribution in [0.5, 0.6) is 5.75 Å². The standard InChI is InChI=1S/C15H22F2N2O/c1-15(18-2)7-9-19(10-8-15)11-12-3-5-13(6-4-12)20-14(16)17/h3-6,14,18H,7-11H2,1-2H3. The molecule has 1 aliphatic rings. The maximum atomic E-state index is 12.1. The molecule has 0 atom stereocenters. The Labute approximate surface area is 118 Å². The van der Waals surface area contributed by atoms with Crippen molar-refractivity contribution in [3.63, 3.8) is 0 Å². The van der Waals surface area contributed by atoms with Crippen molar-refractivity contribution < 1.29 is 13.5 Å². The van der Waals surface area contributed by atoms with E-state index in [2.05, 4.69) is 21.9 Å². The zero-order chi connectivity index (χ0) is 14.6. The van der Waals surface area contributed by atoms with Crippen LogP contribution in [0.3, 0.4) is 0 Å². The van der Waals surface area contributed by atoms with Crippen LogP contribution >= 0.6 is 0 Å². The van der Waals surface area contributed by atoms with Gasteiger partial charge < -0.3 is 10.1 Å². The van der Waals surface area contributed by atoms with Crippen molar-refractivity contribution >= 4 is 0 Å². The topological polar surface area (TPSA) is 24.5 Å². The van der Waals surface area contributed by atoms with Crippen LogP contribution in [-0.4, -0.2) is 37.2 Å². The molecule has 0 amide bonds. The van der Waals surface area contributed by atoms with E-state index in [1.54, 1.807) is 12.1 Å². The molecule has 0 spiro atoms. The number of halogens is 2. The van der Waals surface area contributed by atoms with Crippen LogP contribution in [0.25, 0.3) is 0 Å². The van der Waals surface area contributed by atoms with Crippen LogP contribution in [0.1, 0.15) is 25.3 Å². The van der Waals surface area contributed by atoms with E-state index in [4.69, 9.17) is 0 Å². The molecule has 1 fully saturated rings. The van der Waals surface area contributed by atoms with Gasteiger partial charge in [-0.15, -0.1) is 0 Å². The maximum absolute atomic E-state index is 12.1. The summed E-state index contributed by atoms with van der Waals surface area (Å²) in [6.07, 6.45) is 2.24. The molecule has 1 aromatic carbocycles. The van der Waals surface area contributed by atoms with Crippen molar-refractivity contribution in [3.8, 4) is 5.75 Å². The summed E-state index contributed by atoms with van der Waals surface area (Å²) < 4.78 is 28.5. The molecular weight excluding hydrogens is 262 g/mol. The Bertz CT molecular complexity index is 414. The quantitative estimate of drug-likeness (QED) is 0.900. The summed E-state index contributed by atoms with van der Waals surface area (Å²) in [7, 11) is 2.01. The molecule has 5 heteroatoms. The summed E-state index contributed by atoms with van der Waals surface area (Å²) in [5.41, 5.74) is 1.37. The van der Waals surface area contributed by atoms with Gasteiger partial charge in [0, 0.05) is 25.2 Å². The molecule has 0 radical (unpaired) electrons. The van der Waals surface area contributed by atoms with Gasteiger partial charge in [0.2, 0.25) is 0 Å². The van der Waals surface area contributed by atoms with Gasteiger partial charge in [-0.3, -0.25) is 4.90 Å². The number of hydrogen-bond acceptors (Lipinski definition) is 3. The van der Waals surface area contributed by atoms with E-state index in [1.807, 2.05) is 19.2 Å². The van der Waals surface area contributed by atoms with Gasteiger partial charge in [0.1, 0.15) is 5.75 Å². The molecule has 1 saturated heterocycles. The highest BCUT2D eigenvalue weighted by molar-refractivity contribution is 5.27. The minimum absolute atomic E-state index is 0.213. The second-order valence-electron chi connectivity index (χ2n) is 5.61. The lowest BCUT2D eigenvalue weighted by Gasteiger charge is -2.39. The van der Waals surface area contributed by atoms with Gasteiger partial charge in [-0.2, -0.15) is 8.78 Å². The fourth-order valence-electron chi connectivity index (χ4n) is 2.49. The van der Waals surface area contributed by atoms with Crippen LogP contribution in [0.2, 0.25) is 0 Å². The fourth-order valence-corrected chi connectivity index (χ4v) is 2.49. The highest BCUT2D eigenvalue weighted by Gasteiger charge is 2.27. The number of nitrogens with one attached hydrogen (secondary N) is 1. The van der Waals surface area contributed by atoms with E-state index in [0.29, 0.717) is 0 Å². The Kier molecular flexibility index (Phi) is 4.94. The first-order valence-electron chi connectivity index (χ1n) is 6.96. The molecular formula is C15H22F2N2O. The van der Waals surface area contributed by atoms with Crippen LogP contribution < -0.4 is 10.1 Å². The normalized spacial score (nSPS) is 19.2. The van der Waals surface area contributed by atoms with Crippen molar-refractivity contribution in [1.29, 1.82) is 0 Å². The number of likely N-dealkylation sites (tertiary alicyclic amines) is 1. The SMILES string of the molecule is CNC1(C)CCN(Cc2ccc(OC(F)F)cc2)CC1. The minimum Gasteiger partial charge on any atom is -0.435 e. The lowest BCUT2D eigenvalue weighted by atomic mass is 9.90. The predicted octanol–water partition coefficient (Wildman–Crippen LogP) is 2.86. The Morgan fingerprint density at radius 1 is 1.25 bits per heavy atom. The van der Waals surface area contributed by atoms with Gasteiger partial charge in [0.25, 0.3) is 0 Å². The molecule has 20 heavy (non-hydrogen) atoms. The number of rotatable bonds is 5. The van der Waals surface area contributed by atoms with Crippen LogP contribution in [0.4, 0.5) is 8.78 Å². The third kappa shape index (κ3) is 4.15. The van der Waals surface area contributed by atoms with Gasteiger partial charge in [-0.25, -0.2) is 0 Å².